The van der Waals surface area contributed by atoms with Gasteiger partial charge >= 0.3 is 0 Å². The number of methoxy groups -OCH3 is 1. The molecule has 0 bridgehead atoms. The molecule has 0 unspecified atom stereocenters. The molecule has 0 saturated carbocycles. The molecule has 3 aromatic carbocycles. The van der Waals surface area contributed by atoms with E-state index in [4.69, 9.17) is 9.47 Å². The molecule has 9 heteroatoms. The number of nitrogens with zero attached hydrogens (tertiary/aromatic N) is 3. The second-order valence-corrected chi connectivity index (χ2v) is 11.2. The number of hydrogen-bond donors (Lipinski definition) is 2. The molecule has 1 fully saturated rings. The minimum Gasteiger partial charge on any atom is -0.616 e. The molecule has 1 saturated heterocycles. The molecule has 39 heavy (non-hydrogen) atoms. The molecular weight excluding hydrogens is 510 g/mol. The zero-order chi connectivity index (χ0) is 26.9. The molecule has 1 aromatic heterocycles. The van der Waals surface area contributed by atoms with Crippen LogP contribution < -0.4 is 20.1 Å². The van der Waals surface area contributed by atoms with E-state index >= 15 is 0 Å². The van der Waals surface area contributed by atoms with Crippen molar-refractivity contribution in [1.29, 1.82) is 0 Å². The maximum atomic E-state index is 11.5. The van der Waals surface area contributed by atoms with Gasteiger partial charge in [0.05, 0.1) is 18.3 Å². The highest BCUT2D eigenvalue weighted by molar-refractivity contribution is 7.91. The Kier molecular flexibility index (Phi) is 9.37. The van der Waals surface area contributed by atoms with E-state index in [0.29, 0.717) is 6.61 Å². The first-order valence-electron chi connectivity index (χ1n) is 13.4. The first-order valence-corrected chi connectivity index (χ1v) is 14.8. The molecule has 1 aliphatic heterocycles. The fourth-order valence-electron chi connectivity index (χ4n) is 4.59. The summed E-state index contributed by atoms with van der Waals surface area (Å²) in [7, 11) is 1.68. The highest BCUT2D eigenvalue weighted by Crippen LogP contribution is 2.33. The van der Waals surface area contributed by atoms with Gasteiger partial charge in [-0.15, -0.1) is 0 Å². The normalized spacial score (nSPS) is 14.3. The van der Waals surface area contributed by atoms with Gasteiger partial charge in [0.15, 0.2) is 0 Å². The van der Waals surface area contributed by atoms with Crippen LogP contribution in [-0.2, 0) is 17.8 Å². The molecule has 8 nitrogen and oxygen atoms in total. The van der Waals surface area contributed by atoms with Crippen LogP contribution in [0.15, 0.2) is 73.1 Å². The lowest BCUT2D eigenvalue weighted by Gasteiger charge is -2.27. The van der Waals surface area contributed by atoms with Crippen molar-refractivity contribution in [3.63, 3.8) is 0 Å². The van der Waals surface area contributed by atoms with Gasteiger partial charge < -0.3 is 24.7 Å². The van der Waals surface area contributed by atoms with Gasteiger partial charge in [-0.1, -0.05) is 41.5 Å². The largest absolute Gasteiger partial charge is 0.616 e. The number of benzene rings is 3. The van der Waals surface area contributed by atoms with Gasteiger partial charge in [0.1, 0.15) is 41.8 Å². The van der Waals surface area contributed by atoms with E-state index in [1.165, 1.54) is 0 Å². The number of nitrogens with one attached hydrogen (secondary N) is 2. The fraction of sp³-hybridized carbons (Fsp3) is 0.333. The number of anilines is 3. The van der Waals surface area contributed by atoms with Crippen LogP contribution in [0.1, 0.15) is 18.4 Å². The molecule has 0 radical (unpaired) electrons. The van der Waals surface area contributed by atoms with E-state index in [9.17, 15) is 4.55 Å². The van der Waals surface area contributed by atoms with Crippen LogP contribution in [0.5, 0.6) is 11.5 Å². The SMILES string of the molecule is COc1cc2ncnc(Nc3ccc(OCc4ccccc4)cc3)c2cc1NCCCCN1CC[S+]([O-])CC1. The monoisotopic (exact) mass is 545 g/mol. The Morgan fingerprint density at radius 3 is 2.54 bits per heavy atom. The van der Waals surface area contributed by atoms with Gasteiger partial charge in [-0.05, 0) is 55.3 Å². The summed E-state index contributed by atoms with van der Waals surface area (Å²) < 4.78 is 23.1. The summed E-state index contributed by atoms with van der Waals surface area (Å²) in [6.07, 6.45) is 3.69. The van der Waals surface area contributed by atoms with Gasteiger partial charge in [0.25, 0.3) is 0 Å². The van der Waals surface area contributed by atoms with E-state index in [2.05, 4.69) is 37.6 Å². The van der Waals surface area contributed by atoms with E-state index in [0.717, 1.165) is 95.7 Å². The summed E-state index contributed by atoms with van der Waals surface area (Å²) in [6.45, 7) is 4.30. The molecule has 5 rings (SSSR count). The van der Waals surface area contributed by atoms with Crippen molar-refractivity contribution < 1.29 is 14.0 Å². The number of fused-ring (bicyclic) bond motifs is 1. The number of hydrogen-bond acceptors (Lipinski definition) is 8. The Labute approximate surface area is 232 Å². The van der Waals surface area contributed by atoms with E-state index < -0.39 is 11.2 Å². The van der Waals surface area contributed by atoms with Crippen LogP contribution in [-0.4, -0.2) is 64.2 Å². The highest BCUT2D eigenvalue weighted by atomic mass is 32.2. The lowest BCUT2D eigenvalue weighted by Crippen LogP contribution is -2.40. The van der Waals surface area contributed by atoms with Crippen molar-refractivity contribution in [2.45, 2.75) is 19.4 Å². The Morgan fingerprint density at radius 1 is 0.974 bits per heavy atom. The van der Waals surface area contributed by atoms with Crippen molar-refractivity contribution >= 4 is 39.3 Å². The predicted octanol–water partition coefficient (Wildman–Crippen LogP) is 5.22. The van der Waals surface area contributed by atoms with Crippen LogP contribution in [0.25, 0.3) is 10.9 Å². The van der Waals surface area contributed by atoms with Crippen LogP contribution in [0.3, 0.4) is 0 Å². The number of ether oxygens (including phenoxy) is 2. The minimum atomic E-state index is -0.623. The Balaban J connectivity index is 1.20. The summed E-state index contributed by atoms with van der Waals surface area (Å²) in [5.74, 6) is 3.90. The summed E-state index contributed by atoms with van der Waals surface area (Å²) in [4.78, 5) is 11.4. The van der Waals surface area contributed by atoms with Crippen molar-refractivity contribution in [2.24, 2.45) is 0 Å². The summed E-state index contributed by atoms with van der Waals surface area (Å²) in [5.41, 5.74) is 3.77. The summed E-state index contributed by atoms with van der Waals surface area (Å²) >= 11 is -0.623. The van der Waals surface area contributed by atoms with Crippen LogP contribution in [0.4, 0.5) is 17.2 Å². The number of unbranched alkanes of at least 4 members (excludes halogenated alkanes) is 1. The first kappa shape index (κ1) is 27.1. The van der Waals surface area contributed by atoms with Gasteiger partial charge in [0, 0.05) is 36.8 Å². The van der Waals surface area contributed by atoms with E-state index in [-0.39, 0.29) is 0 Å². The second kappa shape index (κ2) is 13.5. The molecule has 2 N–H and O–H groups in total. The molecule has 0 amide bonds. The summed E-state index contributed by atoms with van der Waals surface area (Å²) in [5, 5.41) is 7.87. The van der Waals surface area contributed by atoms with Crippen molar-refractivity contribution in [1.82, 2.24) is 14.9 Å². The molecular formula is C30H35N5O3S. The maximum Gasteiger partial charge on any atom is 0.144 e. The zero-order valence-corrected chi connectivity index (χ0v) is 23.1. The predicted molar refractivity (Wildman–Crippen MR) is 159 cm³/mol. The standard InChI is InChI=1S/C30H35N5O3S/c1-37-29-20-27-26(19-28(29)31-13-5-6-14-35-15-17-39(36)18-16-35)30(33-22-32-27)34-24-9-11-25(12-10-24)38-21-23-7-3-2-4-8-23/h2-4,7-12,19-20,22,31H,5-6,13-18,21H2,1H3,(H,32,33,34). The Morgan fingerprint density at radius 2 is 1.77 bits per heavy atom. The van der Waals surface area contributed by atoms with Crippen molar-refractivity contribution in [3.8, 4) is 11.5 Å². The van der Waals surface area contributed by atoms with E-state index in [1.807, 2.05) is 54.6 Å². The third-order valence-electron chi connectivity index (χ3n) is 6.81. The quantitative estimate of drug-likeness (QED) is 0.185. The lowest BCUT2D eigenvalue weighted by atomic mass is 10.1. The molecule has 1 aliphatic rings. The first-order chi connectivity index (χ1) is 19.2. The molecule has 0 atom stereocenters. The Bertz CT molecular complexity index is 1330. The average Bonchev–Trinajstić information content (AvgIpc) is 2.98. The molecule has 2 heterocycles. The van der Waals surface area contributed by atoms with Crippen LogP contribution in [0, 0.1) is 0 Å². The third-order valence-corrected chi connectivity index (χ3v) is 8.08. The molecule has 0 aliphatic carbocycles. The Hall–Kier alpha value is -3.53. The highest BCUT2D eigenvalue weighted by Gasteiger charge is 2.18. The lowest BCUT2D eigenvalue weighted by molar-refractivity contribution is 0.290. The van der Waals surface area contributed by atoms with E-state index in [1.54, 1.807) is 13.4 Å². The van der Waals surface area contributed by atoms with Gasteiger partial charge in [-0.2, -0.15) is 0 Å². The fourth-order valence-corrected chi connectivity index (χ4v) is 5.71. The molecule has 204 valence electrons. The van der Waals surface area contributed by atoms with Crippen molar-refractivity contribution in [3.05, 3.63) is 78.6 Å². The van der Waals surface area contributed by atoms with Gasteiger partial charge in [-0.25, -0.2) is 9.97 Å². The molecule has 4 aromatic rings. The zero-order valence-electron chi connectivity index (χ0n) is 22.3. The van der Waals surface area contributed by atoms with Crippen molar-refractivity contribution in [2.75, 3.05) is 55.4 Å². The van der Waals surface area contributed by atoms with Crippen LogP contribution in [0.2, 0.25) is 0 Å². The van der Waals surface area contributed by atoms with Gasteiger partial charge in [0.2, 0.25) is 0 Å². The second-order valence-electron chi connectivity index (χ2n) is 9.54. The smallest absolute Gasteiger partial charge is 0.144 e. The maximum absolute atomic E-state index is 11.5. The third kappa shape index (κ3) is 7.53. The number of rotatable bonds is 12. The van der Waals surface area contributed by atoms with Gasteiger partial charge in [-0.3, -0.25) is 4.90 Å². The molecule has 0 spiro atoms. The van der Waals surface area contributed by atoms with Crippen LogP contribution >= 0.6 is 0 Å². The average molecular weight is 546 g/mol. The topological polar surface area (TPSA) is 94.6 Å². The number of aromatic nitrogens is 2. The minimum absolute atomic E-state index is 0.530. The summed E-state index contributed by atoms with van der Waals surface area (Å²) in [6, 6.07) is 22.0.